The smallest absolute Gasteiger partial charge is 0.123 e. The lowest BCUT2D eigenvalue weighted by Gasteiger charge is -2.49. The summed E-state index contributed by atoms with van der Waals surface area (Å²) in [7, 11) is 2.03. The van der Waals surface area contributed by atoms with Gasteiger partial charge in [0.05, 0.1) is 12.1 Å². The first-order valence-corrected chi connectivity index (χ1v) is 6.37. The fourth-order valence-corrected chi connectivity index (χ4v) is 2.77. The molecule has 0 saturated carbocycles. The first-order chi connectivity index (χ1) is 8.60. The monoisotopic (exact) mass is 252 g/mol. The molecule has 0 aliphatic carbocycles. The van der Waals surface area contributed by atoms with E-state index >= 15 is 0 Å². The summed E-state index contributed by atoms with van der Waals surface area (Å²) in [5.41, 5.74) is 6.92. The van der Waals surface area contributed by atoms with E-state index in [9.17, 15) is 4.39 Å². The van der Waals surface area contributed by atoms with E-state index in [1.165, 1.54) is 12.1 Å². The zero-order chi connectivity index (χ0) is 13.2. The summed E-state index contributed by atoms with van der Waals surface area (Å²) < 4.78 is 18.5. The number of hydrogen-bond acceptors (Lipinski definition) is 3. The maximum absolute atomic E-state index is 13.0. The summed E-state index contributed by atoms with van der Waals surface area (Å²) in [4.78, 5) is 2.18. The molecule has 0 radical (unpaired) electrons. The summed E-state index contributed by atoms with van der Waals surface area (Å²) in [5.74, 6) is 0.139. The number of anilines is 1. The average molecular weight is 252 g/mol. The van der Waals surface area contributed by atoms with Crippen molar-refractivity contribution in [1.29, 1.82) is 0 Å². The molecule has 0 aromatic heterocycles. The molecule has 0 spiro atoms. The van der Waals surface area contributed by atoms with Crippen LogP contribution < -0.4 is 10.6 Å². The molecule has 0 bridgehead atoms. The van der Waals surface area contributed by atoms with Gasteiger partial charge in [0.1, 0.15) is 5.82 Å². The van der Waals surface area contributed by atoms with Crippen molar-refractivity contribution in [2.75, 3.05) is 31.7 Å². The molecular weight excluding hydrogens is 231 g/mol. The molecule has 100 valence electrons. The van der Waals surface area contributed by atoms with Crippen LogP contribution in [0.3, 0.4) is 0 Å². The highest BCUT2D eigenvalue weighted by Crippen LogP contribution is 2.34. The molecule has 3 nitrogen and oxygen atoms in total. The van der Waals surface area contributed by atoms with Crippen molar-refractivity contribution >= 4 is 5.69 Å². The van der Waals surface area contributed by atoms with Gasteiger partial charge in [-0.3, -0.25) is 0 Å². The Labute approximate surface area is 108 Å². The maximum atomic E-state index is 13.0. The summed E-state index contributed by atoms with van der Waals surface area (Å²) in [6.07, 6.45) is 0.901. The summed E-state index contributed by atoms with van der Waals surface area (Å²) in [5, 5.41) is 0. The standard InChI is InChI=1S/C14H21FN2O/c1-11-9-18-8-7-14(11,10-16)17(2)13-5-3-12(15)4-6-13/h3-6,11H,7-10,16H2,1-2H3. The van der Waals surface area contributed by atoms with Crippen LogP contribution in [0.25, 0.3) is 0 Å². The minimum atomic E-state index is -0.214. The lowest BCUT2D eigenvalue weighted by atomic mass is 9.79. The molecule has 1 fully saturated rings. The van der Waals surface area contributed by atoms with E-state index in [2.05, 4.69) is 11.8 Å². The Kier molecular flexibility index (Phi) is 3.88. The van der Waals surface area contributed by atoms with Crippen LogP contribution in [0.4, 0.5) is 10.1 Å². The Balaban J connectivity index is 2.28. The van der Waals surface area contributed by atoms with Gasteiger partial charge in [-0.2, -0.15) is 0 Å². The molecule has 1 aromatic rings. The lowest BCUT2D eigenvalue weighted by Crippen LogP contribution is -2.60. The van der Waals surface area contributed by atoms with Gasteiger partial charge in [0.25, 0.3) is 0 Å². The van der Waals surface area contributed by atoms with E-state index in [4.69, 9.17) is 10.5 Å². The highest BCUT2D eigenvalue weighted by molar-refractivity contribution is 5.49. The zero-order valence-corrected chi connectivity index (χ0v) is 11.0. The summed E-state index contributed by atoms with van der Waals surface area (Å²) in [6.45, 7) is 4.19. The molecular formula is C14H21FN2O. The number of benzene rings is 1. The van der Waals surface area contributed by atoms with Gasteiger partial charge in [-0.05, 0) is 30.7 Å². The normalized spacial score (nSPS) is 28.1. The molecule has 1 aromatic carbocycles. The van der Waals surface area contributed by atoms with Gasteiger partial charge in [0.2, 0.25) is 0 Å². The number of nitrogens with two attached hydrogens (primary N) is 1. The van der Waals surface area contributed by atoms with E-state index in [0.29, 0.717) is 12.5 Å². The predicted molar refractivity (Wildman–Crippen MR) is 71.2 cm³/mol. The highest BCUT2D eigenvalue weighted by Gasteiger charge is 2.41. The largest absolute Gasteiger partial charge is 0.381 e. The lowest BCUT2D eigenvalue weighted by molar-refractivity contribution is 0.0109. The number of ether oxygens (including phenoxy) is 1. The molecule has 1 saturated heterocycles. The van der Waals surface area contributed by atoms with E-state index in [1.807, 2.05) is 7.05 Å². The van der Waals surface area contributed by atoms with E-state index < -0.39 is 0 Å². The third-order valence-corrected chi connectivity index (χ3v) is 4.20. The number of halogens is 1. The molecule has 2 N–H and O–H groups in total. The summed E-state index contributed by atoms with van der Waals surface area (Å²) >= 11 is 0. The molecule has 1 aliphatic heterocycles. The molecule has 2 unspecified atom stereocenters. The van der Waals surface area contributed by atoms with Gasteiger partial charge in [-0.15, -0.1) is 0 Å². The van der Waals surface area contributed by atoms with Crippen LogP contribution in [-0.4, -0.2) is 32.3 Å². The van der Waals surface area contributed by atoms with E-state index in [1.54, 1.807) is 12.1 Å². The molecule has 18 heavy (non-hydrogen) atoms. The van der Waals surface area contributed by atoms with Crippen molar-refractivity contribution in [1.82, 2.24) is 0 Å². The highest BCUT2D eigenvalue weighted by atomic mass is 19.1. The Morgan fingerprint density at radius 1 is 1.44 bits per heavy atom. The molecule has 0 amide bonds. The minimum Gasteiger partial charge on any atom is -0.381 e. The third-order valence-electron chi connectivity index (χ3n) is 4.20. The van der Waals surface area contributed by atoms with Gasteiger partial charge >= 0.3 is 0 Å². The van der Waals surface area contributed by atoms with E-state index in [-0.39, 0.29) is 11.4 Å². The number of rotatable bonds is 3. The van der Waals surface area contributed by atoms with Gasteiger partial charge in [0.15, 0.2) is 0 Å². The molecule has 2 rings (SSSR count). The predicted octanol–water partition coefficient (Wildman–Crippen LogP) is 2.02. The number of hydrogen-bond donors (Lipinski definition) is 1. The quantitative estimate of drug-likeness (QED) is 0.894. The van der Waals surface area contributed by atoms with Crippen LogP contribution in [0.15, 0.2) is 24.3 Å². The SMILES string of the molecule is CC1COCCC1(CN)N(C)c1ccc(F)cc1. The summed E-state index contributed by atoms with van der Waals surface area (Å²) in [6, 6.07) is 6.57. The number of nitrogens with zero attached hydrogens (tertiary/aromatic N) is 1. The topological polar surface area (TPSA) is 38.5 Å². The van der Waals surface area contributed by atoms with Crippen LogP contribution >= 0.6 is 0 Å². The van der Waals surface area contributed by atoms with Crippen LogP contribution in [0.1, 0.15) is 13.3 Å². The van der Waals surface area contributed by atoms with Crippen molar-refractivity contribution in [2.24, 2.45) is 11.7 Å². The van der Waals surface area contributed by atoms with Gasteiger partial charge in [0, 0.05) is 31.8 Å². The molecule has 1 aliphatic rings. The van der Waals surface area contributed by atoms with Crippen molar-refractivity contribution in [3.05, 3.63) is 30.1 Å². The Hall–Kier alpha value is -1.13. The van der Waals surface area contributed by atoms with Gasteiger partial charge in [-0.1, -0.05) is 6.92 Å². The second-order valence-electron chi connectivity index (χ2n) is 5.07. The van der Waals surface area contributed by atoms with Crippen molar-refractivity contribution in [3.63, 3.8) is 0 Å². The second-order valence-corrected chi connectivity index (χ2v) is 5.07. The minimum absolute atomic E-state index is 0.101. The molecule has 2 atom stereocenters. The fraction of sp³-hybridized carbons (Fsp3) is 0.571. The zero-order valence-electron chi connectivity index (χ0n) is 11.0. The first-order valence-electron chi connectivity index (χ1n) is 6.37. The Morgan fingerprint density at radius 3 is 2.67 bits per heavy atom. The van der Waals surface area contributed by atoms with Crippen LogP contribution in [0.2, 0.25) is 0 Å². The first kappa shape index (κ1) is 13.3. The maximum Gasteiger partial charge on any atom is 0.123 e. The second kappa shape index (κ2) is 5.24. The Morgan fingerprint density at radius 2 is 2.11 bits per heavy atom. The number of likely N-dealkylation sites (N-methyl/N-ethyl adjacent to an activating group) is 1. The molecule has 1 heterocycles. The molecule has 4 heteroatoms. The average Bonchev–Trinajstić information content (AvgIpc) is 2.40. The van der Waals surface area contributed by atoms with Gasteiger partial charge < -0.3 is 15.4 Å². The van der Waals surface area contributed by atoms with Gasteiger partial charge in [-0.25, -0.2) is 4.39 Å². The van der Waals surface area contributed by atoms with Crippen molar-refractivity contribution < 1.29 is 9.13 Å². The van der Waals surface area contributed by atoms with Crippen molar-refractivity contribution in [2.45, 2.75) is 18.9 Å². The fourth-order valence-electron chi connectivity index (χ4n) is 2.77. The third kappa shape index (κ3) is 2.22. The van der Waals surface area contributed by atoms with Crippen LogP contribution in [0, 0.1) is 11.7 Å². The van der Waals surface area contributed by atoms with E-state index in [0.717, 1.165) is 25.3 Å². The van der Waals surface area contributed by atoms with Crippen LogP contribution in [0.5, 0.6) is 0 Å². The van der Waals surface area contributed by atoms with Crippen LogP contribution in [-0.2, 0) is 4.74 Å². The van der Waals surface area contributed by atoms with Crippen molar-refractivity contribution in [3.8, 4) is 0 Å². The Bertz CT molecular complexity index is 395.